The number of benzene rings is 1. The smallest absolute Gasteiger partial charge is 0.237 e. The van der Waals surface area contributed by atoms with Gasteiger partial charge in [-0.25, -0.2) is 0 Å². The van der Waals surface area contributed by atoms with Crippen LogP contribution in [0.1, 0.15) is 24.5 Å². The van der Waals surface area contributed by atoms with Crippen molar-refractivity contribution in [3.63, 3.8) is 0 Å². The normalized spacial score (nSPS) is 19.4. The Balaban J connectivity index is 1.97. The predicted octanol–water partition coefficient (Wildman–Crippen LogP) is 1.23. The van der Waals surface area contributed by atoms with Crippen molar-refractivity contribution in [2.24, 2.45) is 0 Å². The molecule has 0 fully saturated rings. The number of terminal acetylenes is 1. The Morgan fingerprint density at radius 1 is 1.56 bits per heavy atom. The lowest BCUT2D eigenvalue weighted by Crippen LogP contribution is -2.49. The van der Waals surface area contributed by atoms with Crippen molar-refractivity contribution in [2.45, 2.75) is 38.4 Å². The summed E-state index contributed by atoms with van der Waals surface area (Å²) in [5.41, 5.74) is 2.53. The quantitative estimate of drug-likeness (QED) is 0.783. The molecule has 1 unspecified atom stereocenters. The third kappa shape index (κ3) is 2.91. The minimum Gasteiger partial charge on any atom is -0.351 e. The van der Waals surface area contributed by atoms with E-state index in [2.05, 4.69) is 28.7 Å². The van der Waals surface area contributed by atoms with Crippen LogP contribution in [0.5, 0.6) is 0 Å². The number of hydrogen-bond acceptors (Lipinski definition) is 2. The third-order valence-corrected chi connectivity index (χ3v) is 3.21. The van der Waals surface area contributed by atoms with Crippen molar-refractivity contribution in [1.82, 2.24) is 10.6 Å². The molecule has 0 aromatic heterocycles. The molecule has 1 amide bonds. The van der Waals surface area contributed by atoms with Gasteiger partial charge in [0.1, 0.15) is 0 Å². The minimum atomic E-state index is -0.153. The molecule has 0 radical (unpaired) electrons. The van der Waals surface area contributed by atoms with E-state index < -0.39 is 0 Å². The molecule has 1 aromatic carbocycles. The summed E-state index contributed by atoms with van der Waals surface area (Å²) in [6.07, 6.45) is 6.54. The summed E-state index contributed by atoms with van der Waals surface area (Å²) >= 11 is 0. The molecule has 18 heavy (non-hydrogen) atoms. The number of hydrogen-bond donors (Lipinski definition) is 2. The average molecular weight is 242 g/mol. The fourth-order valence-electron chi connectivity index (χ4n) is 2.21. The molecular formula is C15H18N2O. The zero-order valence-corrected chi connectivity index (χ0v) is 10.6. The molecule has 1 aromatic rings. The Bertz CT molecular complexity index is 476. The lowest BCUT2D eigenvalue weighted by Gasteiger charge is -2.26. The van der Waals surface area contributed by atoms with E-state index in [1.54, 1.807) is 0 Å². The van der Waals surface area contributed by atoms with Gasteiger partial charge >= 0.3 is 0 Å². The van der Waals surface area contributed by atoms with Crippen molar-refractivity contribution in [3.05, 3.63) is 35.4 Å². The van der Waals surface area contributed by atoms with Gasteiger partial charge in [-0.3, -0.25) is 4.79 Å². The fraction of sp³-hybridized carbons (Fsp3) is 0.400. The molecule has 0 saturated heterocycles. The first-order valence-electron chi connectivity index (χ1n) is 6.24. The standard InChI is InChI=1S/C15H18N2O/c1-3-6-11(2)17-15(18)14-9-12-7-4-5-8-13(12)10-16-14/h1,4-5,7-8,11,14,16H,6,9-10H2,2H3,(H,17,18)/t11?,14-/m0/s1. The first-order chi connectivity index (χ1) is 8.70. The van der Waals surface area contributed by atoms with E-state index in [1.165, 1.54) is 11.1 Å². The maximum Gasteiger partial charge on any atom is 0.237 e. The molecule has 0 aliphatic carbocycles. The molecule has 1 aliphatic rings. The molecule has 0 bridgehead atoms. The molecule has 3 heteroatoms. The Morgan fingerprint density at radius 3 is 3.00 bits per heavy atom. The number of carbonyl (C=O) groups excluding carboxylic acids is 1. The summed E-state index contributed by atoms with van der Waals surface area (Å²) in [5, 5.41) is 6.20. The lowest BCUT2D eigenvalue weighted by molar-refractivity contribution is -0.123. The van der Waals surface area contributed by atoms with Gasteiger partial charge in [0.25, 0.3) is 0 Å². The summed E-state index contributed by atoms with van der Waals surface area (Å²) in [6, 6.07) is 8.09. The van der Waals surface area contributed by atoms with Crippen molar-refractivity contribution in [3.8, 4) is 12.3 Å². The minimum absolute atomic E-state index is 0.0291. The van der Waals surface area contributed by atoms with Crippen molar-refractivity contribution >= 4 is 5.91 Å². The fourth-order valence-corrected chi connectivity index (χ4v) is 2.21. The first kappa shape index (κ1) is 12.7. The molecule has 1 aliphatic heterocycles. The van der Waals surface area contributed by atoms with E-state index >= 15 is 0 Å². The van der Waals surface area contributed by atoms with Crippen molar-refractivity contribution < 1.29 is 4.79 Å². The number of carbonyl (C=O) groups is 1. The van der Waals surface area contributed by atoms with E-state index in [0.29, 0.717) is 6.42 Å². The molecule has 3 nitrogen and oxygen atoms in total. The molecule has 0 saturated carbocycles. The topological polar surface area (TPSA) is 41.1 Å². The maximum atomic E-state index is 12.1. The highest BCUT2D eigenvalue weighted by atomic mass is 16.2. The highest BCUT2D eigenvalue weighted by molar-refractivity contribution is 5.82. The molecule has 2 atom stereocenters. The van der Waals surface area contributed by atoms with Crippen LogP contribution in [-0.2, 0) is 17.8 Å². The van der Waals surface area contributed by atoms with Gasteiger partial charge < -0.3 is 10.6 Å². The van der Waals surface area contributed by atoms with Crippen LogP contribution < -0.4 is 10.6 Å². The zero-order valence-electron chi connectivity index (χ0n) is 10.6. The van der Waals surface area contributed by atoms with Crippen molar-refractivity contribution in [2.75, 3.05) is 0 Å². The van der Waals surface area contributed by atoms with E-state index in [-0.39, 0.29) is 18.0 Å². The monoisotopic (exact) mass is 242 g/mol. The lowest BCUT2D eigenvalue weighted by atomic mass is 9.95. The Labute approximate surface area is 108 Å². The van der Waals surface area contributed by atoms with Gasteiger partial charge in [0.05, 0.1) is 6.04 Å². The second-order valence-electron chi connectivity index (χ2n) is 4.72. The second-order valence-corrected chi connectivity index (χ2v) is 4.72. The van der Waals surface area contributed by atoms with Crippen LogP contribution in [0.4, 0.5) is 0 Å². The molecular weight excluding hydrogens is 224 g/mol. The summed E-state index contributed by atoms with van der Waals surface area (Å²) in [4.78, 5) is 12.1. The number of nitrogens with one attached hydrogen (secondary N) is 2. The molecule has 2 rings (SSSR count). The van der Waals surface area contributed by atoms with Gasteiger partial charge in [0.15, 0.2) is 0 Å². The Morgan fingerprint density at radius 2 is 2.28 bits per heavy atom. The van der Waals surface area contributed by atoms with E-state index in [9.17, 15) is 4.79 Å². The molecule has 1 heterocycles. The first-order valence-corrected chi connectivity index (χ1v) is 6.24. The SMILES string of the molecule is C#CCC(C)NC(=O)[C@@H]1Cc2ccccc2CN1. The van der Waals surface area contributed by atoms with Gasteiger partial charge in [-0.15, -0.1) is 12.3 Å². The summed E-state index contributed by atoms with van der Waals surface area (Å²) in [6.45, 7) is 2.67. The molecule has 94 valence electrons. The van der Waals surface area contributed by atoms with Crippen LogP contribution in [0.2, 0.25) is 0 Å². The van der Waals surface area contributed by atoms with Crippen LogP contribution in [0.15, 0.2) is 24.3 Å². The summed E-state index contributed by atoms with van der Waals surface area (Å²) in [5.74, 6) is 2.59. The third-order valence-electron chi connectivity index (χ3n) is 3.21. The van der Waals surface area contributed by atoms with Gasteiger partial charge in [0, 0.05) is 19.0 Å². The predicted molar refractivity (Wildman–Crippen MR) is 71.8 cm³/mol. The van der Waals surface area contributed by atoms with Crippen LogP contribution >= 0.6 is 0 Å². The largest absolute Gasteiger partial charge is 0.351 e. The van der Waals surface area contributed by atoms with E-state index in [0.717, 1.165) is 13.0 Å². The summed E-state index contributed by atoms with van der Waals surface area (Å²) < 4.78 is 0. The second kappa shape index (κ2) is 5.70. The molecule has 0 spiro atoms. The van der Waals surface area contributed by atoms with Crippen LogP contribution in [-0.4, -0.2) is 18.0 Å². The summed E-state index contributed by atoms with van der Waals surface area (Å²) in [7, 11) is 0. The number of rotatable bonds is 3. The van der Waals surface area contributed by atoms with E-state index in [1.807, 2.05) is 19.1 Å². The van der Waals surface area contributed by atoms with E-state index in [4.69, 9.17) is 6.42 Å². The van der Waals surface area contributed by atoms with Gasteiger partial charge in [0.2, 0.25) is 5.91 Å². The molecule has 2 N–H and O–H groups in total. The Hall–Kier alpha value is -1.79. The van der Waals surface area contributed by atoms with Gasteiger partial charge in [-0.05, 0) is 24.5 Å². The number of fused-ring (bicyclic) bond motifs is 1. The van der Waals surface area contributed by atoms with Crippen molar-refractivity contribution in [1.29, 1.82) is 0 Å². The number of amides is 1. The van der Waals surface area contributed by atoms with Gasteiger partial charge in [-0.2, -0.15) is 0 Å². The zero-order chi connectivity index (χ0) is 13.0. The van der Waals surface area contributed by atoms with Crippen LogP contribution in [0.25, 0.3) is 0 Å². The average Bonchev–Trinajstić information content (AvgIpc) is 2.38. The maximum absolute atomic E-state index is 12.1. The highest BCUT2D eigenvalue weighted by Crippen LogP contribution is 2.16. The highest BCUT2D eigenvalue weighted by Gasteiger charge is 2.24. The van der Waals surface area contributed by atoms with Crippen LogP contribution in [0.3, 0.4) is 0 Å². The van der Waals surface area contributed by atoms with Gasteiger partial charge in [-0.1, -0.05) is 24.3 Å². The Kier molecular flexibility index (Phi) is 4.01. The van der Waals surface area contributed by atoms with Crippen LogP contribution in [0, 0.1) is 12.3 Å².